The third kappa shape index (κ3) is 4.94. The topological polar surface area (TPSA) is 70.1 Å². The molecule has 3 heterocycles. The van der Waals surface area contributed by atoms with E-state index < -0.39 is 23.6 Å². The Balaban J connectivity index is 1.75. The summed E-state index contributed by atoms with van der Waals surface area (Å²) in [6.45, 7) is 6.69. The van der Waals surface area contributed by atoms with Gasteiger partial charge in [-0.25, -0.2) is 4.39 Å². The molecule has 1 unspecified atom stereocenters. The van der Waals surface area contributed by atoms with E-state index in [-0.39, 0.29) is 29.8 Å². The van der Waals surface area contributed by atoms with Crippen molar-refractivity contribution < 1.29 is 17.6 Å². The Kier molecular flexibility index (Phi) is 7.33. The van der Waals surface area contributed by atoms with Crippen molar-refractivity contribution in [3.05, 3.63) is 57.8 Å². The number of fused-ring (bicyclic) bond motifs is 1. The van der Waals surface area contributed by atoms with Gasteiger partial charge < -0.3 is 9.47 Å². The van der Waals surface area contributed by atoms with Gasteiger partial charge in [-0.15, -0.1) is 0 Å². The molecule has 37 heavy (non-hydrogen) atoms. The monoisotopic (exact) mass is 518 g/mol. The number of piperazine rings is 1. The van der Waals surface area contributed by atoms with Crippen LogP contribution in [0.3, 0.4) is 0 Å². The molecule has 3 aromatic rings. The van der Waals surface area contributed by atoms with Crippen LogP contribution in [-0.2, 0) is 19.8 Å². The highest BCUT2D eigenvalue weighted by Crippen LogP contribution is 2.39. The van der Waals surface area contributed by atoms with Crippen LogP contribution in [0.15, 0.2) is 35.3 Å². The van der Waals surface area contributed by atoms with Crippen LogP contribution < -0.4 is 10.5 Å². The van der Waals surface area contributed by atoms with E-state index in [0.717, 1.165) is 6.07 Å². The fourth-order valence-corrected chi connectivity index (χ4v) is 5.38. The fourth-order valence-electron chi connectivity index (χ4n) is 5.38. The molecule has 0 aliphatic carbocycles. The van der Waals surface area contributed by atoms with Gasteiger partial charge in [0.25, 0.3) is 5.56 Å². The van der Waals surface area contributed by atoms with E-state index in [9.17, 15) is 22.4 Å². The maximum Gasteiger partial charge on any atom is 0.416 e. The average molecular weight is 519 g/mol. The van der Waals surface area contributed by atoms with Gasteiger partial charge in [-0.05, 0) is 37.5 Å². The van der Waals surface area contributed by atoms with Gasteiger partial charge in [0.05, 0.1) is 29.0 Å². The fraction of sp³-hybridized carbons (Fsp3) is 0.500. The number of alkyl halides is 3. The largest absolute Gasteiger partial charge is 0.416 e. The maximum atomic E-state index is 13.8. The molecule has 0 radical (unpaired) electrons. The molecular weight excluding hydrogens is 488 g/mol. The second-order valence-corrected chi connectivity index (χ2v) is 9.52. The summed E-state index contributed by atoms with van der Waals surface area (Å²) in [5.74, 6) is -0.919. The van der Waals surface area contributed by atoms with Crippen molar-refractivity contribution in [1.82, 2.24) is 19.2 Å². The number of nitrogens with zero attached hydrogens (tertiary/aromatic N) is 6. The van der Waals surface area contributed by atoms with Crippen LogP contribution >= 0.6 is 0 Å². The van der Waals surface area contributed by atoms with Crippen LogP contribution in [0.25, 0.3) is 11.0 Å². The minimum absolute atomic E-state index is 0.0433. The molecule has 4 rings (SSSR count). The number of rotatable bonds is 6. The molecule has 0 saturated carbocycles. The number of anilines is 1. The van der Waals surface area contributed by atoms with Gasteiger partial charge in [0, 0.05) is 44.3 Å². The maximum absolute atomic E-state index is 13.8. The van der Waals surface area contributed by atoms with Crippen molar-refractivity contribution in [3.8, 4) is 6.07 Å². The van der Waals surface area contributed by atoms with Gasteiger partial charge >= 0.3 is 6.18 Å². The molecule has 1 fully saturated rings. The molecule has 1 aliphatic rings. The summed E-state index contributed by atoms with van der Waals surface area (Å²) in [4.78, 5) is 17.0. The Morgan fingerprint density at radius 1 is 1.16 bits per heavy atom. The summed E-state index contributed by atoms with van der Waals surface area (Å²) >= 11 is 0. The normalized spacial score (nSPS) is 19.8. The second-order valence-electron chi connectivity index (χ2n) is 9.52. The minimum atomic E-state index is -4.67. The van der Waals surface area contributed by atoms with E-state index in [0.29, 0.717) is 48.7 Å². The summed E-state index contributed by atoms with van der Waals surface area (Å²) in [5, 5.41) is 13.7. The summed E-state index contributed by atoms with van der Waals surface area (Å²) in [7, 11) is 1.65. The van der Waals surface area contributed by atoms with E-state index in [1.165, 1.54) is 15.3 Å². The number of nitriles is 1. The van der Waals surface area contributed by atoms with Gasteiger partial charge in [-0.1, -0.05) is 19.9 Å². The highest BCUT2D eigenvalue weighted by atomic mass is 19.4. The first-order valence-corrected chi connectivity index (χ1v) is 12.3. The van der Waals surface area contributed by atoms with Gasteiger partial charge in [-0.2, -0.15) is 23.5 Å². The van der Waals surface area contributed by atoms with Gasteiger partial charge in [0.15, 0.2) is 0 Å². The smallest absolute Gasteiger partial charge is 0.364 e. The van der Waals surface area contributed by atoms with Gasteiger partial charge in [0.2, 0.25) is 0 Å². The van der Waals surface area contributed by atoms with Crippen molar-refractivity contribution in [2.75, 3.05) is 18.0 Å². The van der Waals surface area contributed by atoms with Crippen LogP contribution in [0.5, 0.6) is 0 Å². The van der Waals surface area contributed by atoms with Crippen molar-refractivity contribution >= 4 is 16.7 Å². The molecule has 0 bridgehead atoms. The zero-order valence-corrected chi connectivity index (χ0v) is 21.3. The van der Waals surface area contributed by atoms with Gasteiger partial charge in [0.1, 0.15) is 17.9 Å². The first-order valence-electron chi connectivity index (χ1n) is 12.3. The van der Waals surface area contributed by atoms with E-state index in [1.807, 2.05) is 13.8 Å². The molecular formula is C26H30F4N6O. The summed E-state index contributed by atoms with van der Waals surface area (Å²) in [6.07, 6.45) is -1.65. The Morgan fingerprint density at radius 3 is 2.49 bits per heavy atom. The summed E-state index contributed by atoms with van der Waals surface area (Å²) in [5.41, 5.74) is 0.745. The number of benzene rings is 1. The van der Waals surface area contributed by atoms with E-state index in [2.05, 4.69) is 21.0 Å². The number of pyridine rings is 1. The molecule has 7 nitrogen and oxygen atoms in total. The second kappa shape index (κ2) is 10.2. The Labute approximate surface area is 212 Å². The summed E-state index contributed by atoms with van der Waals surface area (Å²) < 4.78 is 58.1. The van der Waals surface area contributed by atoms with Crippen LogP contribution in [0.4, 0.5) is 23.2 Å². The number of halogens is 4. The summed E-state index contributed by atoms with van der Waals surface area (Å²) in [6, 6.07) is 5.65. The molecule has 1 aliphatic heterocycles. The lowest BCUT2D eigenvalue weighted by atomic mass is 9.94. The quantitative estimate of drug-likeness (QED) is 0.436. The number of hydrogen-bond donors (Lipinski definition) is 0. The van der Waals surface area contributed by atoms with Crippen molar-refractivity contribution in [1.29, 1.82) is 5.26 Å². The van der Waals surface area contributed by atoms with Crippen LogP contribution in [0.1, 0.15) is 50.8 Å². The van der Waals surface area contributed by atoms with E-state index in [4.69, 9.17) is 5.26 Å². The standard InChI is InChI=1S/C26H30F4N6O/c1-5-18-14-36(22-12-24(37)33(4)23-15-34(10-9-31)32-25(22)23)19(6-2)13-35(18)16(3)20-8-7-17(27)11-21(20)26(28,29)30/h7-8,11-12,15-16,18-19H,5-6,10,13-14H2,1-4H3/t16?,18-,19+/m1/s1. The molecule has 0 amide bonds. The highest BCUT2D eigenvalue weighted by Gasteiger charge is 2.40. The van der Waals surface area contributed by atoms with Crippen LogP contribution in [0, 0.1) is 17.1 Å². The van der Waals surface area contributed by atoms with Crippen LogP contribution in [0.2, 0.25) is 0 Å². The number of aryl methyl sites for hydroxylation is 1. The molecule has 2 aromatic heterocycles. The molecule has 1 aromatic carbocycles. The lowest BCUT2D eigenvalue weighted by Crippen LogP contribution is -2.59. The van der Waals surface area contributed by atoms with E-state index >= 15 is 0 Å². The molecule has 3 atom stereocenters. The van der Waals surface area contributed by atoms with Gasteiger partial charge in [-0.3, -0.25) is 14.4 Å². The predicted octanol–water partition coefficient (Wildman–Crippen LogP) is 4.86. The minimum Gasteiger partial charge on any atom is -0.364 e. The predicted molar refractivity (Wildman–Crippen MR) is 133 cm³/mol. The Bertz CT molecular complexity index is 1390. The number of aromatic nitrogens is 3. The zero-order chi connectivity index (χ0) is 27.1. The highest BCUT2D eigenvalue weighted by molar-refractivity contribution is 5.88. The Morgan fingerprint density at radius 2 is 1.86 bits per heavy atom. The lowest BCUT2D eigenvalue weighted by molar-refractivity contribution is -0.139. The third-order valence-corrected chi connectivity index (χ3v) is 7.43. The first kappa shape index (κ1) is 26.7. The molecule has 0 spiro atoms. The molecule has 198 valence electrons. The molecule has 11 heteroatoms. The van der Waals surface area contributed by atoms with Crippen molar-refractivity contribution in [3.63, 3.8) is 0 Å². The van der Waals surface area contributed by atoms with Crippen molar-refractivity contribution in [2.24, 2.45) is 7.05 Å². The lowest BCUT2D eigenvalue weighted by Gasteiger charge is -2.49. The van der Waals surface area contributed by atoms with Crippen LogP contribution in [-0.4, -0.2) is 44.4 Å². The Hall–Kier alpha value is -3.39. The zero-order valence-electron chi connectivity index (χ0n) is 21.3. The molecule has 1 saturated heterocycles. The average Bonchev–Trinajstić information content (AvgIpc) is 3.29. The van der Waals surface area contributed by atoms with Crippen molar-refractivity contribution in [2.45, 2.75) is 64.5 Å². The first-order chi connectivity index (χ1) is 17.5. The van der Waals surface area contributed by atoms with E-state index in [1.54, 1.807) is 26.2 Å². The molecule has 0 N–H and O–H groups in total. The number of hydrogen-bond acceptors (Lipinski definition) is 5. The third-order valence-electron chi connectivity index (χ3n) is 7.43. The SMILES string of the molecule is CC[C@H]1CN(C(C)c2ccc(F)cc2C(F)(F)F)[C@H](CC)CN1c1cc(=O)n(C)c2cn(CC#N)nc12.